The molecule has 1 aliphatic carbocycles. The normalized spacial score (nSPS) is 15.5. The highest BCUT2D eigenvalue weighted by molar-refractivity contribution is 5.35. The second kappa shape index (κ2) is 7.69. The summed E-state index contributed by atoms with van der Waals surface area (Å²) in [6.45, 7) is 2.24. The number of rotatable bonds is 8. The molecule has 1 aliphatic rings. The molecular formula is C18H28O. The zero-order chi connectivity index (χ0) is 13.5. The quantitative estimate of drug-likeness (QED) is 0.685. The monoisotopic (exact) mass is 260 g/mol. The summed E-state index contributed by atoms with van der Waals surface area (Å²) in [4.78, 5) is 0. The lowest BCUT2D eigenvalue weighted by Crippen LogP contribution is -2.10. The molecule has 1 N–H and O–H groups in total. The van der Waals surface area contributed by atoms with E-state index in [4.69, 9.17) is 0 Å². The van der Waals surface area contributed by atoms with E-state index >= 15 is 0 Å². The third-order valence-corrected chi connectivity index (χ3v) is 4.28. The van der Waals surface area contributed by atoms with E-state index in [-0.39, 0.29) is 6.10 Å². The molecule has 0 saturated carbocycles. The Hall–Kier alpha value is -0.820. The Labute approximate surface area is 118 Å². The van der Waals surface area contributed by atoms with Crippen LogP contribution in [0, 0.1) is 0 Å². The van der Waals surface area contributed by atoms with Crippen molar-refractivity contribution in [1.29, 1.82) is 0 Å². The second-order valence-electron chi connectivity index (χ2n) is 6.02. The minimum atomic E-state index is -0.152. The molecule has 0 amide bonds. The SMILES string of the molecule is CCCCCCCC(O)Cc1ccc2c(c1)CCC2. The molecule has 0 fully saturated rings. The molecule has 0 heterocycles. The Balaban J connectivity index is 1.71. The fraction of sp³-hybridized carbons (Fsp3) is 0.667. The van der Waals surface area contributed by atoms with Crippen LogP contribution in [0.15, 0.2) is 18.2 Å². The summed E-state index contributed by atoms with van der Waals surface area (Å²) in [7, 11) is 0. The first-order valence-corrected chi connectivity index (χ1v) is 8.08. The number of hydrogen-bond donors (Lipinski definition) is 1. The van der Waals surface area contributed by atoms with Gasteiger partial charge in [0.05, 0.1) is 6.10 Å². The van der Waals surface area contributed by atoms with E-state index in [1.807, 2.05) is 0 Å². The van der Waals surface area contributed by atoms with Crippen LogP contribution in [-0.4, -0.2) is 11.2 Å². The Morgan fingerprint density at radius 3 is 2.68 bits per heavy atom. The molecule has 0 bridgehead atoms. The third kappa shape index (κ3) is 4.65. The summed E-state index contributed by atoms with van der Waals surface area (Å²) in [6, 6.07) is 6.80. The van der Waals surface area contributed by atoms with Crippen LogP contribution in [-0.2, 0) is 19.3 Å². The lowest BCUT2D eigenvalue weighted by molar-refractivity contribution is 0.161. The van der Waals surface area contributed by atoms with Gasteiger partial charge in [-0.3, -0.25) is 0 Å². The van der Waals surface area contributed by atoms with Crippen molar-refractivity contribution in [2.75, 3.05) is 0 Å². The van der Waals surface area contributed by atoms with Gasteiger partial charge in [0.25, 0.3) is 0 Å². The number of unbranched alkanes of at least 4 members (excludes halogenated alkanes) is 4. The van der Waals surface area contributed by atoms with Crippen molar-refractivity contribution < 1.29 is 5.11 Å². The van der Waals surface area contributed by atoms with Crippen LogP contribution in [0.25, 0.3) is 0 Å². The first kappa shape index (κ1) is 14.6. The standard InChI is InChI=1S/C18H28O/c1-2-3-4-5-6-10-18(19)14-15-11-12-16-8-7-9-17(16)13-15/h11-13,18-19H,2-10,14H2,1H3. The number of aliphatic hydroxyl groups excluding tert-OH is 1. The van der Waals surface area contributed by atoms with E-state index in [0.29, 0.717) is 0 Å². The Kier molecular flexibility index (Phi) is 5.91. The summed E-state index contributed by atoms with van der Waals surface area (Å²) in [6.07, 6.45) is 11.8. The molecule has 1 aromatic carbocycles. The topological polar surface area (TPSA) is 20.2 Å². The minimum Gasteiger partial charge on any atom is -0.393 e. The van der Waals surface area contributed by atoms with Crippen LogP contribution < -0.4 is 0 Å². The predicted octanol–water partition coefficient (Wildman–Crippen LogP) is 4.44. The molecule has 0 radical (unpaired) electrons. The van der Waals surface area contributed by atoms with Gasteiger partial charge in [-0.25, -0.2) is 0 Å². The second-order valence-corrected chi connectivity index (χ2v) is 6.02. The van der Waals surface area contributed by atoms with Crippen molar-refractivity contribution >= 4 is 0 Å². The zero-order valence-corrected chi connectivity index (χ0v) is 12.3. The van der Waals surface area contributed by atoms with Gasteiger partial charge >= 0.3 is 0 Å². The van der Waals surface area contributed by atoms with Crippen LogP contribution in [0.2, 0.25) is 0 Å². The van der Waals surface area contributed by atoms with Crippen molar-refractivity contribution in [3.63, 3.8) is 0 Å². The highest BCUT2D eigenvalue weighted by Crippen LogP contribution is 2.23. The number of benzene rings is 1. The van der Waals surface area contributed by atoms with Gasteiger partial charge in [-0.1, -0.05) is 57.2 Å². The predicted molar refractivity (Wildman–Crippen MR) is 81.6 cm³/mol. The molecule has 1 heteroatoms. The molecule has 19 heavy (non-hydrogen) atoms. The van der Waals surface area contributed by atoms with Gasteiger partial charge in [-0.05, 0) is 48.8 Å². The number of aryl methyl sites for hydroxylation is 2. The smallest absolute Gasteiger partial charge is 0.0580 e. The van der Waals surface area contributed by atoms with Crippen LogP contribution in [0.4, 0.5) is 0 Å². The highest BCUT2D eigenvalue weighted by Gasteiger charge is 2.12. The summed E-state index contributed by atoms with van der Waals surface area (Å²) >= 11 is 0. The fourth-order valence-corrected chi connectivity index (χ4v) is 3.11. The summed E-state index contributed by atoms with van der Waals surface area (Å²) in [5, 5.41) is 10.1. The fourth-order valence-electron chi connectivity index (χ4n) is 3.11. The summed E-state index contributed by atoms with van der Waals surface area (Å²) in [5.74, 6) is 0. The minimum absolute atomic E-state index is 0.152. The van der Waals surface area contributed by atoms with E-state index in [0.717, 1.165) is 12.8 Å². The molecule has 1 aromatic rings. The van der Waals surface area contributed by atoms with E-state index in [9.17, 15) is 5.11 Å². The number of hydrogen-bond acceptors (Lipinski definition) is 1. The number of fused-ring (bicyclic) bond motifs is 1. The van der Waals surface area contributed by atoms with Crippen LogP contribution >= 0.6 is 0 Å². The highest BCUT2D eigenvalue weighted by atomic mass is 16.3. The zero-order valence-electron chi connectivity index (χ0n) is 12.3. The maximum absolute atomic E-state index is 10.1. The van der Waals surface area contributed by atoms with Gasteiger partial charge in [-0.15, -0.1) is 0 Å². The molecule has 0 aliphatic heterocycles. The van der Waals surface area contributed by atoms with Crippen LogP contribution in [0.5, 0.6) is 0 Å². The first-order valence-electron chi connectivity index (χ1n) is 8.08. The van der Waals surface area contributed by atoms with E-state index < -0.39 is 0 Å². The first-order chi connectivity index (χ1) is 9.29. The lowest BCUT2D eigenvalue weighted by atomic mass is 9.99. The van der Waals surface area contributed by atoms with Crippen molar-refractivity contribution in [1.82, 2.24) is 0 Å². The van der Waals surface area contributed by atoms with Gasteiger partial charge in [0.2, 0.25) is 0 Å². The lowest BCUT2D eigenvalue weighted by Gasteiger charge is -2.11. The summed E-state index contributed by atoms with van der Waals surface area (Å²) in [5.41, 5.74) is 4.37. The van der Waals surface area contributed by atoms with Crippen molar-refractivity contribution in [2.45, 2.75) is 77.2 Å². The molecule has 2 rings (SSSR count). The molecule has 0 spiro atoms. The van der Waals surface area contributed by atoms with Gasteiger partial charge in [0.15, 0.2) is 0 Å². The van der Waals surface area contributed by atoms with Crippen molar-refractivity contribution in [2.24, 2.45) is 0 Å². The Morgan fingerprint density at radius 1 is 1.05 bits per heavy atom. The maximum Gasteiger partial charge on any atom is 0.0580 e. The van der Waals surface area contributed by atoms with Crippen LogP contribution in [0.1, 0.15) is 68.6 Å². The molecule has 106 valence electrons. The van der Waals surface area contributed by atoms with E-state index in [1.165, 1.54) is 68.1 Å². The molecule has 0 saturated heterocycles. The average Bonchev–Trinajstić information content (AvgIpc) is 2.86. The Morgan fingerprint density at radius 2 is 1.84 bits per heavy atom. The Bertz CT molecular complexity index is 383. The average molecular weight is 260 g/mol. The third-order valence-electron chi connectivity index (χ3n) is 4.28. The maximum atomic E-state index is 10.1. The van der Waals surface area contributed by atoms with Crippen molar-refractivity contribution in [3.8, 4) is 0 Å². The molecule has 1 unspecified atom stereocenters. The van der Waals surface area contributed by atoms with E-state index in [1.54, 1.807) is 0 Å². The molecule has 0 aromatic heterocycles. The van der Waals surface area contributed by atoms with Gasteiger partial charge in [0, 0.05) is 0 Å². The van der Waals surface area contributed by atoms with Gasteiger partial charge < -0.3 is 5.11 Å². The largest absolute Gasteiger partial charge is 0.393 e. The van der Waals surface area contributed by atoms with Gasteiger partial charge in [0.1, 0.15) is 0 Å². The van der Waals surface area contributed by atoms with Crippen LogP contribution in [0.3, 0.4) is 0 Å². The molecular weight excluding hydrogens is 232 g/mol. The van der Waals surface area contributed by atoms with Crippen molar-refractivity contribution in [3.05, 3.63) is 34.9 Å². The summed E-state index contributed by atoms with van der Waals surface area (Å²) < 4.78 is 0. The van der Waals surface area contributed by atoms with E-state index in [2.05, 4.69) is 25.1 Å². The molecule has 1 nitrogen and oxygen atoms in total. The molecule has 1 atom stereocenters. The van der Waals surface area contributed by atoms with Gasteiger partial charge in [-0.2, -0.15) is 0 Å². The number of aliphatic hydroxyl groups is 1.